The number of nitrogens with zero attached hydrogens (tertiary/aromatic N) is 1. The number of carbonyl (C=O) groups excluding carboxylic acids is 1. The van der Waals surface area contributed by atoms with Gasteiger partial charge in [-0.25, -0.2) is 0 Å². The summed E-state index contributed by atoms with van der Waals surface area (Å²) in [6.45, 7) is 15.0. The summed E-state index contributed by atoms with van der Waals surface area (Å²) < 4.78 is 11.6. The monoisotopic (exact) mass is 529 g/mol. The quantitative estimate of drug-likeness (QED) is 0.378. The van der Waals surface area contributed by atoms with Crippen LogP contribution in [-0.4, -0.2) is 61.0 Å². The van der Waals surface area contributed by atoms with Gasteiger partial charge in [0.1, 0.15) is 6.61 Å². The first kappa shape index (κ1) is 28.6. The molecule has 4 aliphatic carbocycles. The third-order valence-corrected chi connectivity index (χ3v) is 12.1. The predicted molar refractivity (Wildman–Crippen MR) is 152 cm³/mol. The van der Waals surface area contributed by atoms with Crippen molar-refractivity contribution in [3.8, 4) is 0 Å². The summed E-state index contributed by atoms with van der Waals surface area (Å²) >= 11 is 0. The maximum Gasteiger partial charge on any atom is 0.248 e. The van der Waals surface area contributed by atoms with Gasteiger partial charge in [0.15, 0.2) is 0 Å². The third-order valence-electron chi connectivity index (χ3n) is 12.1. The molecule has 0 radical (unpaired) electrons. The third kappa shape index (κ3) is 5.38. The van der Waals surface area contributed by atoms with Crippen LogP contribution in [0.25, 0.3) is 0 Å². The average molecular weight is 530 g/mol. The lowest BCUT2D eigenvalue weighted by molar-refractivity contribution is -0.143. The van der Waals surface area contributed by atoms with Crippen LogP contribution < -0.4 is 0 Å². The highest BCUT2D eigenvalue weighted by atomic mass is 16.5. The number of hydrogen-bond donors (Lipinski definition) is 1. The van der Waals surface area contributed by atoms with Gasteiger partial charge in [0, 0.05) is 13.1 Å². The van der Waals surface area contributed by atoms with Crippen LogP contribution in [-0.2, 0) is 14.3 Å². The van der Waals surface area contributed by atoms with Crippen LogP contribution in [0.15, 0.2) is 11.6 Å². The molecule has 5 heteroatoms. The summed E-state index contributed by atoms with van der Waals surface area (Å²) in [5.74, 6) is 4.09. The first-order valence-electron chi connectivity index (χ1n) is 16.0. The molecule has 5 rings (SSSR count). The Morgan fingerprint density at radius 1 is 1.08 bits per heavy atom. The van der Waals surface area contributed by atoms with Crippen LogP contribution >= 0.6 is 0 Å². The van der Waals surface area contributed by atoms with E-state index in [4.69, 9.17) is 9.47 Å². The second-order valence-electron chi connectivity index (χ2n) is 14.6. The highest BCUT2D eigenvalue weighted by Gasteiger charge is 2.61. The van der Waals surface area contributed by atoms with Crippen LogP contribution in [0, 0.1) is 46.3 Å². The molecule has 1 amide bonds. The van der Waals surface area contributed by atoms with E-state index < -0.39 is 0 Å². The van der Waals surface area contributed by atoms with Crippen LogP contribution in [0.4, 0.5) is 0 Å². The number of rotatable bonds is 8. The number of ether oxygens (including phenoxy) is 2. The molecule has 5 aliphatic rings. The number of hydrogen-bond acceptors (Lipinski definition) is 4. The van der Waals surface area contributed by atoms with Crippen LogP contribution in [0.2, 0.25) is 0 Å². The standard InChI is InChI=1S/C33H55NO4/c1-22(2)7-6-8-23(3)26-9-10-27-31-28(12-14-33(26,27)5)32(4)13-11-25(19-24(32)20-29(31)35)38-21-30(36)34-15-17-37-18-16-34/h20,22-23,25-29,31,35H,6-19,21H2,1-5H3/t23-,25+,26-,27+,28+,29+,31+,32+,33-/m1/s1. The summed E-state index contributed by atoms with van der Waals surface area (Å²) in [4.78, 5) is 14.5. The highest BCUT2D eigenvalue weighted by Crippen LogP contribution is 2.67. The Hall–Kier alpha value is -0.910. The van der Waals surface area contributed by atoms with Gasteiger partial charge in [-0.15, -0.1) is 0 Å². The molecule has 38 heavy (non-hydrogen) atoms. The molecule has 0 aromatic carbocycles. The number of aliphatic hydroxyl groups is 1. The number of fused-ring (bicyclic) bond motifs is 5. The first-order chi connectivity index (χ1) is 18.1. The van der Waals surface area contributed by atoms with Crippen molar-refractivity contribution >= 4 is 5.91 Å². The molecule has 1 heterocycles. The molecule has 216 valence electrons. The van der Waals surface area contributed by atoms with Gasteiger partial charge >= 0.3 is 0 Å². The fourth-order valence-corrected chi connectivity index (χ4v) is 9.88. The van der Waals surface area contributed by atoms with Crippen molar-refractivity contribution in [2.24, 2.45) is 46.3 Å². The number of carbonyl (C=O) groups is 1. The zero-order valence-electron chi connectivity index (χ0n) is 24.9. The fraction of sp³-hybridized carbons (Fsp3) is 0.909. The van der Waals surface area contributed by atoms with Crippen molar-refractivity contribution in [2.45, 2.75) is 111 Å². The van der Waals surface area contributed by atoms with Crippen molar-refractivity contribution < 1.29 is 19.4 Å². The fourth-order valence-electron chi connectivity index (χ4n) is 9.88. The molecular weight excluding hydrogens is 474 g/mol. The number of amides is 1. The predicted octanol–water partition coefficient (Wildman–Crippen LogP) is 6.24. The molecule has 0 aromatic rings. The first-order valence-corrected chi connectivity index (χ1v) is 16.0. The van der Waals surface area contributed by atoms with E-state index in [0.29, 0.717) is 49.5 Å². The van der Waals surface area contributed by atoms with Crippen molar-refractivity contribution in [1.82, 2.24) is 4.90 Å². The van der Waals surface area contributed by atoms with Gasteiger partial charge in [-0.3, -0.25) is 4.79 Å². The van der Waals surface area contributed by atoms with Crippen molar-refractivity contribution in [1.29, 1.82) is 0 Å². The summed E-state index contributed by atoms with van der Waals surface area (Å²) in [5.41, 5.74) is 1.95. The average Bonchev–Trinajstić information content (AvgIpc) is 3.25. The van der Waals surface area contributed by atoms with Gasteiger partial charge in [0.05, 0.1) is 25.4 Å². The molecule has 0 bridgehead atoms. The van der Waals surface area contributed by atoms with Gasteiger partial charge in [-0.05, 0) is 91.3 Å². The van der Waals surface area contributed by atoms with Crippen molar-refractivity contribution in [3.05, 3.63) is 11.6 Å². The summed E-state index contributed by atoms with van der Waals surface area (Å²) in [7, 11) is 0. The molecule has 1 aliphatic heterocycles. The van der Waals surface area contributed by atoms with E-state index in [1.165, 1.54) is 50.5 Å². The van der Waals surface area contributed by atoms with E-state index >= 15 is 0 Å². The maximum atomic E-state index is 12.6. The Bertz CT molecular complexity index is 865. The number of aliphatic hydroxyl groups excluding tert-OH is 1. The van der Waals surface area contributed by atoms with Gasteiger partial charge in [0.2, 0.25) is 5.91 Å². The minimum Gasteiger partial charge on any atom is -0.389 e. The molecule has 5 nitrogen and oxygen atoms in total. The van der Waals surface area contributed by atoms with Crippen molar-refractivity contribution in [2.75, 3.05) is 32.9 Å². The zero-order chi connectivity index (χ0) is 27.1. The lowest BCUT2D eigenvalue weighted by Gasteiger charge is -2.59. The lowest BCUT2D eigenvalue weighted by atomic mass is 9.46. The van der Waals surface area contributed by atoms with Gasteiger partial charge in [-0.1, -0.05) is 65.5 Å². The SMILES string of the molecule is CC(C)CCC[C@@H](C)[C@H]1CC[C@H]2[C@@H]3[C@@H](O)C=C4C[C@@H](OCC(=O)N5CCOCC5)CC[C@]4(C)[C@H]3CC[C@]12C. The highest BCUT2D eigenvalue weighted by molar-refractivity contribution is 5.77. The van der Waals surface area contributed by atoms with E-state index in [1.807, 2.05) is 4.90 Å². The molecule has 3 saturated carbocycles. The Morgan fingerprint density at radius 3 is 2.58 bits per heavy atom. The largest absolute Gasteiger partial charge is 0.389 e. The van der Waals surface area contributed by atoms with Crippen molar-refractivity contribution in [3.63, 3.8) is 0 Å². The molecule has 0 aromatic heterocycles. The topological polar surface area (TPSA) is 59.0 Å². The molecule has 1 saturated heterocycles. The Morgan fingerprint density at radius 2 is 1.84 bits per heavy atom. The van der Waals surface area contributed by atoms with Gasteiger partial charge < -0.3 is 19.5 Å². The van der Waals surface area contributed by atoms with Crippen LogP contribution in [0.3, 0.4) is 0 Å². The van der Waals surface area contributed by atoms with Gasteiger partial charge in [-0.2, -0.15) is 0 Å². The Balaban J connectivity index is 1.23. The minimum absolute atomic E-state index is 0.0828. The molecule has 9 atom stereocenters. The van der Waals surface area contributed by atoms with E-state index in [1.54, 1.807) is 0 Å². The minimum atomic E-state index is -0.337. The second-order valence-corrected chi connectivity index (χ2v) is 14.6. The number of morpholine rings is 1. The maximum absolute atomic E-state index is 12.6. The molecule has 0 spiro atoms. The molecular formula is C33H55NO4. The molecule has 4 fully saturated rings. The zero-order valence-corrected chi connectivity index (χ0v) is 24.9. The molecule has 0 unspecified atom stereocenters. The molecule has 1 N–H and O–H groups in total. The van der Waals surface area contributed by atoms with E-state index in [0.717, 1.165) is 37.0 Å². The smallest absolute Gasteiger partial charge is 0.248 e. The summed E-state index contributed by atoms with van der Waals surface area (Å²) in [6.07, 6.45) is 14.3. The van der Waals surface area contributed by atoms with Gasteiger partial charge in [0.25, 0.3) is 0 Å². The van der Waals surface area contributed by atoms with E-state index in [9.17, 15) is 9.90 Å². The lowest BCUT2D eigenvalue weighted by Crippen LogP contribution is -2.55. The van der Waals surface area contributed by atoms with E-state index in [-0.39, 0.29) is 30.1 Å². The van der Waals surface area contributed by atoms with E-state index in [2.05, 4.69) is 40.7 Å². The second kappa shape index (κ2) is 11.5. The Kier molecular flexibility index (Phi) is 8.68. The van der Waals surface area contributed by atoms with Crippen LogP contribution in [0.1, 0.15) is 98.8 Å². The van der Waals surface area contributed by atoms with Crippen LogP contribution in [0.5, 0.6) is 0 Å². The normalized spacial score (nSPS) is 41.8. The summed E-state index contributed by atoms with van der Waals surface area (Å²) in [5, 5.41) is 11.6. The Labute approximate surface area is 232 Å². The summed E-state index contributed by atoms with van der Waals surface area (Å²) in [6, 6.07) is 0.